The Morgan fingerprint density at radius 3 is 2.38 bits per heavy atom. The maximum atomic E-state index is 9.18. The van der Waals surface area contributed by atoms with Gasteiger partial charge in [-0.3, -0.25) is 0 Å². The minimum Gasteiger partial charge on any atom is -0.503 e. The van der Waals surface area contributed by atoms with Gasteiger partial charge in [-0.25, -0.2) is 0 Å². The van der Waals surface area contributed by atoms with Crippen LogP contribution in [0.1, 0.15) is 13.8 Å². The average Bonchev–Trinajstić information content (AvgIpc) is 2.06. The molecule has 1 heterocycles. The lowest BCUT2D eigenvalue weighted by Gasteiger charge is -2.22. The molecular formula is C9H17BNO2+. The second kappa shape index (κ2) is 5.83. The van der Waals surface area contributed by atoms with Gasteiger partial charge in [-0.2, -0.15) is 0 Å². The number of rotatable bonds is 1. The van der Waals surface area contributed by atoms with E-state index in [-0.39, 0.29) is 5.76 Å². The lowest BCUT2D eigenvalue weighted by atomic mass is 9.92. The van der Waals surface area contributed by atoms with Crippen molar-refractivity contribution in [3.05, 3.63) is 23.5 Å². The van der Waals surface area contributed by atoms with Crippen molar-refractivity contribution in [2.24, 2.45) is 0 Å². The van der Waals surface area contributed by atoms with Crippen LogP contribution in [0.5, 0.6) is 0 Å². The van der Waals surface area contributed by atoms with Crippen LogP contribution in [-0.2, 0) is 0 Å². The highest BCUT2D eigenvalue weighted by Gasteiger charge is 2.15. The Morgan fingerprint density at radius 1 is 1.46 bits per heavy atom. The van der Waals surface area contributed by atoms with Gasteiger partial charge in [0.1, 0.15) is 14.0 Å². The van der Waals surface area contributed by atoms with Gasteiger partial charge in [0.25, 0.3) is 0 Å². The third-order valence-corrected chi connectivity index (χ3v) is 1.82. The van der Waals surface area contributed by atoms with Crippen LogP contribution in [0, 0.1) is 0 Å². The maximum absolute atomic E-state index is 9.18. The first-order valence-corrected chi connectivity index (χ1v) is 4.26. The second-order valence-corrected chi connectivity index (χ2v) is 3.19. The number of hydrogen-bond donors (Lipinski definition) is 3. The van der Waals surface area contributed by atoms with Gasteiger partial charge < -0.3 is 15.1 Å². The fourth-order valence-corrected chi connectivity index (χ4v) is 1.13. The largest absolute Gasteiger partial charge is 0.503 e. The maximum Gasteiger partial charge on any atom is 0.168 e. The van der Waals surface area contributed by atoms with Crippen LogP contribution in [-0.4, -0.2) is 37.8 Å². The lowest BCUT2D eigenvalue weighted by molar-refractivity contribution is -0.866. The molecule has 0 bridgehead atoms. The van der Waals surface area contributed by atoms with Crippen LogP contribution >= 0.6 is 0 Å². The predicted octanol–water partition coefficient (Wildman–Crippen LogP) is -0.646. The van der Waals surface area contributed by atoms with E-state index >= 15 is 0 Å². The van der Waals surface area contributed by atoms with Gasteiger partial charge in [0.05, 0.1) is 12.6 Å². The standard InChI is InChI=1S/C8H12BNO.CH4O/c1-6(2)10-4-7(9)3-8(11)5-10;1-2/h3,5-6,11H,4H2,1-2H3;2H,1H3/p+1. The Bertz CT molecular complexity index is 212. The number of aliphatic hydroxyl groups is 2. The molecule has 0 aromatic rings. The summed E-state index contributed by atoms with van der Waals surface area (Å²) in [4.78, 5) is 1.20. The fourth-order valence-electron chi connectivity index (χ4n) is 1.13. The molecule has 0 fully saturated rings. The topological polar surface area (TPSA) is 44.9 Å². The molecule has 0 saturated carbocycles. The van der Waals surface area contributed by atoms with Crippen LogP contribution in [0.4, 0.5) is 0 Å². The molecule has 4 heteroatoms. The first-order chi connectivity index (χ1) is 6.09. The predicted molar refractivity (Wildman–Crippen MR) is 53.7 cm³/mol. The van der Waals surface area contributed by atoms with Crippen LogP contribution in [0.3, 0.4) is 0 Å². The molecule has 0 amide bonds. The molecule has 1 atom stereocenters. The molecule has 2 radical (unpaired) electrons. The average molecular weight is 182 g/mol. The lowest BCUT2D eigenvalue weighted by Crippen LogP contribution is -3.11. The smallest absolute Gasteiger partial charge is 0.168 e. The van der Waals surface area contributed by atoms with Gasteiger partial charge in [0, 0.05) is 7.11 Å². The summed E-state index contributed by atoms with van der Waals surface area (Å²) in [6.07, 6.45) is 3.40. The Balaban J connectivity index is 0.000000671. The van der Waals surface area contributed by atoms with Crippen LogP contribution in [0.2, 0.25) is 0 Å². The van der Waals surface area contributed by atoms with Crippen LogP contribution in [0.15, 0.2) is 23.5 Å². The highest BCUT2D eigenvalue weighted by atomic mass is 16.3. The number of hydrogen-bond acceptors (Lipinski definition) is 2. The Kier molecular flexibility index (Phi) is 5.50. The minimum absolute atomic E-state index is 0.275. The monoisotopic (exact) mass is 182 g/mol. The quantitative estimate of drug-likeness (QED) is 0.472. The molecular weight excluding hydrogens is 165 g/mol. The van der Waals surface area contributed by atoms with Crippen molar-refractivity contribution in [2.75, 3.05) is 13.7 Å². The highest BCUT2D eigenvalue weighted by molar-refractivity contribution is 6.22. The second-order valence-electron chi connectivity index (χ2n) is 3.19. The van der Waals surface area contributed by atoms with E-state index in [4.69, 9.17) is 13.0 Å². The molecule has 1 rings (SSSR count). The number of allylic oxidation sites excluding steroid dienone is 1. The molecule has 1 unspecified atom stereocenters. The summed E-state index contributed by atoms with van der Waals surface area (Å²) in [5.74, 6) is 0.275. The van der Waals surface area contributed by atoms with Crippen molar-refractivity contribution in [2.45, 2.75) is 19.9 Å². The third-order valence-electron chi connectivity index (χ3n) is 1.82. The van der Waals surface area contributed by atoms with E-state index in [1.165, 1.54) is 4.90 Å². The number of nitrogens with one attached hydrogen (secondary N) is 1. The molecule has 3 nitrogen and oxygen atoms in total. The van der Waals surface area contributed by atoms with Crippen molar-refractivity contribution in [1.29, 1.82) is 0 Å². The first-order valence-electron chi connectivity index (χ1n) is 4.26. The van der Waals surface area contributed by atoms with Crippen molar-refractivity contribution in [1.82, 2.24) is 0 Å². The number of aliphatic hydroxyl groups excluding tert-OH is 2. The molecule has 72 valence electrons. The first kappa shape index (κ1) is 12.3. The molecule has 13 heavy (non-hydrogen) atoms. The Labute approximate surface area is 80.8 Å². The van der Waals surface area contributed by atoms with E-state index in [2.05, 4.69) is 13.8 Å². The molecule has 0 saturated heterocycles. The molecule has 1 aliphatic rings. The van der Waals surface area contributed by atoms with Gasteiger partial charge in [0.15, 0.2) is 5.76 Å². The molecule has 0 aromatic heterocycles. The van der Waals surface area contributed by atoms with Gasteiger partial charge >= 0.3 is 0 Å². The van der Waals surface area contributed by atoms with E-state index in [9.17, 15) is 5.11 Å². The van der Waals surface area contributed by atoms with E-state index in [0.717, 1.165) is 19.1 Å². The summed E-state index contributed by atoms with van der Waals surface area (Å²) in [7, 11) is 6.59. The summed E-state index contributed by atoms with van der Waals surface area (Å²) >= 11 is 0. The molecule has 3 N–H and O–H groups in total. The van der Waals surface area contributed by atoms with E-state index in [0.29, 0.717) is 6.04 Å². The van der Waals surface area contributed by atoms with Gasteiger partial charge in [-0.05, 0) is 19.9 Å². The van der Waals surface area contributed by atoms with Crippen molar-refractivity contribution >= 4 is 7.85 Å². The van der Waals surface area contributed by atoms with Gasteiger partial charge in [-0.15, -0.1) is 0 Å². The van der Waals surface area contributed by atoms with Gasteiger partial charge in [0.2, 0.25) is 0 Å². The summed E-state index contributed by atoms with van der Waals surface area (Å²) in [6.45, 7) is 4.98. The number of quaternary nitrogens is 1. The van der Waals surface area contributed by atoms with Gasteiger partial charge in [-0.1, -0.05) is 5.47 Å². The van der Waals surface area contributed by atoms with Crippen LogP contribution in [0.25, 0.3) is 0 Å². The molecule has 0 spiro atoms. The third kappa shape index (κ3) is 4.15. The summed E-state index contributed by atoms with van der Waals surface area (Å²) < 4.78 is 0. The van der Waals surface area contributed by atoms with Crippen molar-refractivity contribution in [3.8, 4) is 0 Å². The molecule has 1 aliphatic heterocycles. The summed E-state index contributed by atoms with van der Waals surface area (Å²) in [5, 5.41) is 16.2. The van der Waals surface area contributed by atoms with Crippen molar-refractivity contribution in [3.63, 3.8) is 0 Å². The van der Waals surface area contributed by atoms with E-state index < -0.39 is 0 Å². The van der Waals surface area contributed by atoms with E-state index in [1.54, 1.807) is 12.3 Å². The van der Waals surface area contributed by atoms with Crippen molar-refractivity contribution < 1.29 is 15.1 Å². The highest BCUT2D eigenvalue weighted by Crippen LogP contribution is 1.96. The zero-order chi connectivity index (χ0) is 10.4. The van der Waals surface area contributed by atoms with Crippen LogP contribution < -0.4 is 4.90 Å². The molecule has 0 aliphatic carbocycles. The summed E-state index contributed by atoms with van der Waals surface area (Å²) in [6, 6.07) is 0.462. The summed E-state index contributed by atoms with van der Waals surface area (Å²) in [5.41, 5.74) is 0.744. The fraction of sp³-hybridized carbons (Fsp3) is 0.556. The SMILES string of the molecule is CO.[B]C1=CC(O)=C[NH+](C(C)C)C1. The Hall–Kier alpha value is -0.735. The van der Waals surface area contributed by atoms with E-state index in [1.807, 2.05) is 0 Å². The molecule has 0 aromatic carbocycles. The Morgan fingerprint density at radius 2 is 2.00 bits per heavy atom. The zero-order valence-electron chi connectivity index (χ0n) is 8.41. The minimum atomic E-state index is 0.275. The zero-order valence-corrected chi connectivity index (χ0v) is 8.41. The normalized spacial score (nSPS) is 21.5.